The summed E-state index contributed by atoms with van der Waals surface area (Å²) in [5, 5.41) is 12.3. The molecule has 0 bridgehead atoms. The van der Waals surface area contributed by atoms with Crippen molar-refractivity contribution < 1.29 is 36.0 Å². The number of ketones is 1. The number of carbonyl (C=O) groups excluding carboxylic acids is 1. The van der Waals surface area contributed by atoms with Crippen molar-refractivity contribution in [2.24, 2.45) is 5.92 Å². The number of hydrogen-bond acceptors (Lipinski definition) is 6. The molecule has 2 heterocycles. The van der Waals surface area contributed by atoms with Crippen molar-refractivity contribution in [2.45, 2.75) is 71.2 Å². The van der Waals surface area contributed by atoms with E-state index in [-0.39, 0.29) is 41.8 Å². The minimum atomic E-state index is -4.64. The van der Waals surface area contributed by atoms with Gasteiger partial charge in [0.05, 0.1) is 0 Å². The zero-order valence-corrected chi connectivity index (χ0v) is 21.8. The number of ether oxygens (including phenoxy) is 1. The smallest absolute Gasteiger partial charge is 0.361 e. The summed E-state index contributed by atoms with van der Waals surface area (Å²) in [5.41, 5.74) is 0.593. The molecule has 38 heavy (non-hydrogen) atoms. The summed E-state index contributed by atoms with van der Waals surface area (Å²) in [6, 6.07) is 3.83. The van der Waals surface area contributed by atoms with Gasteiger partial charge in [0.25, 0.3) is 0 Å². The third-order valence-electron chi connectivity index (χ3n) is 6.02. The second-order valence-electron chi connectivity index (χ2n) is 9.74. The third kappa shape index (κ3) is 7.16. The van der Waals surface area contributed by atoms with Gasteiger partial charge >= 0.3 is 6.18 Å². The summed E-state index contributed by atoms with van der Waals surface area (Å²) in [6.07, 6.45) is -4.61. The molecular weight excluding hydrogens is 535 g/mol. The molecule has 0 aliphatic heterocycles. The largest absolute Gasteiger partial charge is 0.411 e. The Balaban J connectivity index is 0.00000400. The van der Waals surface area contributed by atoms with Crippen molar-refractivity contribution in [1.82, 2.24) is 19.9 Å². The molecule has 7 nitrogen and oxygen atoms in total. The predicted octanol–water partition coefficient (Wildman–Crippen LogP) is 6.30. The fourth-order valence-electron chi connectivity index (χ4n) is 4.10. The summed E-state index contributed by atoms with van der Waals surface area (Å²) in [4.78, 5) is 12.9. The molecule has 0 N–H and O–H groups in total. The first-order valence-electron chi connectivity index (χ1n) is 12.0. The van der Waals surface area contributed by atoms with Crippen LogP contribution in [0.15, 0.2) is 22.7 Å². The molecule has 0 unspecified atom stereocenters. The van der Waals surface area contributed by atoms with Crippen LogP contribution >= 0.6 is 12.4 Å². The lowest BCUT2D eigenvalue weighted by atomic mass is 9.99. The fourth-order valence-corrected chi connectivity index (χ4v) is 4.10. The Morgan fingerprint density at radius 2 is 1.92 bits per heavy atom. The maximum absolute atomic E-state index is 13.9. The normalized spacial score (nSPS) is 14.6. The van der Waals surface area contributed by atoms with Gasteiger partial charge in [-0.15, -0.1) is 22.6 Å². The Bertz CT molecular complexity index is 1270. The zero-order chi connectivity index (χ0) is 26.9. The molecule has 2 aromatic heterocycles. The number of carbonyl (C=O) groups is 1. The van der Waals surface area contributed by atoms with E-state index < -0.39 is 42.7 Å². The average Bonchev–Trinajstić information content (AvgIpc) is 3.39. The molecule has 1 atom stereocenters. The highest BCUT2D eigenvalue weighted by atomic mass is 35.5. The van der Waals surface area contributed by atoms with Crippen LogP contribution in [0.25, 0.3) is 11.5 Å². The molecule has 13 heteroatoms. The highest BCUT2D eigenvalue weighted by molar-refractivity contribution is 5.85. The fraction of sp³-hybridized carbons (Fsp3) is 0.520. The van der Waals surface area contributed by atoms with Crippen LogP contribution in [-0.4, -0.2) is 38.5 Å². The molecule has 208 valence electrons. The summed E-state index contributed by atoms with van der Waals surface area (Å²) in [6.45, 7) is 3.79. The lowest BCUT2D eigenvalue weighted by Crippen LogP contribution is -2.23. The van der Waals surface area contributed by atoms with Crippen molar-refractivity contribution in [3.8, 4) is 11.5 Å². The van der Waals surface area contributed by atoms with Crippen LogP contribution in [-0.2, 0) is 22.4 Å². The van der Waals surface area contributed by atoms with E-state index in [2.05, 4.69) is 15.4 Å². The first-order chi connectivity index (χ1) is 17.4. The van der Waals surface area contributed by atoms with Crippen LogP contribution in [0, 0.1) is 24.5 Å². The van der Waals surface area contributed by atoms with E-state index in [1.54, 1.807) is 10.6 Å². The molecule has 1 aromatic carbocycles. The monoisotopic (exact) mass is 562 g/mol. The van der Waals surface area contributed by atoms with Gasteiger partial charge in [0, 0.05) is 31.4 Å². The average molecular weight is 563 g/mol. The number of alkyl halides is 3. The van der Waals surface area contributed by atoms with E-state index in [1.807, 2.05) is 13.8 Å². The van der Waals surface area contributed by atoms with Crippen LogP contribution in [0.1, 0.15) is 68.0 Å². The Kier molecular flexibility index (Phi) is 9.30. The second-order valence-corrected chi connectivity index (χ2v) is 9.74. The maximum Gasteiger partial charge on any atom is 0.411 e. The van der Waals surface area contributed by atoms with Crippen LogP contribution in [0.4, 0.5) is 22.0 Å². The van der Waals surface area contributed by atoms with E-state index in [9.17, 15) is 26.7 Å². The molecule has 4 rings (SSSR count). The molecule has 0 saturated heterocycles. The van der Waals surface area contributed by atoms with Crippen molar-refractivity contribution in [1.29, 1.82) is 0 Å². The van der Waals surface area contributed by atoms with Crippen molar-refractivity contribution in [2.75, 3.05) is 6.61 Å². The quantitative estimate of drug-likeness (QED) is 0.255. The lowest BCUT2D eigenvalue weighted by Gasteiger charge is -2.19. The second kappa shape index (κ2) is 11.9. The summed E-state index contributed by atoms with van der Waals surface area (Å²) >= 11 is 0. The number of halogens is 6. The van der Waals surface area contributed by atoms with Gasteiger partial charge < -0.3 is 13.8 Å². The maximum atomic E-state index is 13.9. The highest BCUT2D eigenvalue weighted by Crippen LogP contribution is 2.41. The first-order valence-corrected chi connectivity index (χ1v) is 12.0. The van der Waals surface area contributed by atoms with Gasteiger partial charge in [0.2, 0.25) is 0 Å². The lowest BCUT2D eigenvalue weighted by molar-refractivity contribution is -0.188. The molecular formula is C25H28ClF5N4O3. The highest BCUT2D eigenvalue weighted by Gasteiger charge is 2.37. The van der Waals surface area contributed by atoms with Crippen molar-refractivity contribution in [3.63, 3.8) is 0 Å². The Morgan fingerprint density at radius 3 is 2.55 bits per heavy atom. The predicted molar refractivity (Wildman–Crippen MR) is 129 cm³/mol. The van der Waals surface area contributed by atoms with Crippen LogP contribution in [0.3, 0.4) is 0 Å². The van der Waals surface area contributed by atoms with Gasteiger partial charge in [-0.1, -0.05) is 25.1 Å². The van der Waals surface area contributed by atoms with Gasteiger partial charge in [0.15, 0.2) is 29.0 Å². The topological polar surface area (TPSA) is 83.0 Å². The van der Waals surface area contributed by atoms with Gasteiger partial charge in [0.1, 0.15) is 24.3 Å². The SMILES string of the molecule is Cc1c(CC(=O)C[C@H](OCC(F)(F)F)c2nnc(-c3cc(CC(C)C)on3)n2C2CC2)ccc(F)c1F.Cl. The summed E-state index contributed by atoms with van der Waals surface area (Å²) in [7, 11) is 0. The van der Waals surface area contributed by atoms with E-state index in [4.69, 9.17) is 9.26 Å². The van der Waals surface area contributed by atoms with Crippen molar-refractivity contribution >= 4 is 18.2 Å². The van der Waals surface area contributed by atoms with E-state index in [0.29, 0.717) is 29.6 Å². The van der Waals surface area contributed by atoms with Gasteiger partial charge in [-0.3, -0.25) is 4.79 Å². The van der Waals surface area contributed by atoms with Crippen LogP contribution < -0.4 is 0 Å². The van der Waals surface area contributed by atoms with Gasteiger partial charge in [-0.05, 0) is 42.9 Å². The summed E-state index contributed by atoms with van der Waals surface area (Å²) < 4.78 is 78.7. The van der Waals surface area contributed by atoms with Gasteiger partial charge in [-0.25, -0.2) is 8.78 Å². The van der Waals surface area contributed by atoms with E-state index in [0.717, 1.165) is 18.9 Å². The van der Waals surface area contributed by atoms with Crippen LogP contribution in [0.2, 0.25) is 0 Å². The van der Waals surface area contributed by atoms with Crippen LogP contribution in [0.5, 0.6) is 0 Å². The minimum absolute atomic E-state index is 0. The van der Waals surface area contributed by atoms with Gasteiger partial charge in [-0.2, -0.15) is 13.2 Å². The Morgan fingerprint density at radius 1 is 1.21 bits per heavy atom. The molecule has 1 fully saturated rings. The Labute approximate surface area is 222 Å². The summed E-state index contributed by atoms with van der Waals surface area (Å²) in [5.74, 6) is -1.28. The van der Waals surface area contributed by atoms with E-state index in [1.165, 1.54) is 13.0 Å². The number of Topliss-reactive ketones (excluding diaryl/α,β-unsaturated/α-hetero) is 1. The standard InChI is InChI=1S/C25H27F5N4O3.ClH/c1-13(2)8-18-11-20(33-37-18)23-31-32-24(34(23)16-5-6-16)21(36-12-25(28,29)30)10-17(35)9-15-4-7-19(26)22(27)14(15)3;/h4,7,11,13,16,21H,5-6,8-10,12H2,1-3H3;1H/t21-;/m0./s1. The molecule has 0 amide bonds. The number of aromatic nitrogens is 4. The number of benzene rings is 1. The molecule has 1 aliphatic rings. The number of rotatable bonds is 11. The number of hydrogen-bond donors (Lipinski definition) is 0. The zero-order valence-electron chi connectivity index (χ0n) is 21.0. The van der Waals surface area contributed by atoms with Crippen molar-refractivity contribution in [3.05, 3.63) is 52.5 Å². The molecule has 0 spiro atoms. The molecule has 1 aliphatic carbocycles. The molecule has 0 radical (unpaired) electrons. The Hall–Kier alpha value is -2.86. The molecule has 3 aromatic rings. The number of nitrogens with zero attached hydrogens (tertiary/aromatic N) is 4. The first kappa shape index (κ1) is 29.7. The molecule has 1 saturated carbocycles. The third-order valence-corrected chi connectivity index (χ3v) is 6.02. The minimum Gasteiger partial charge on any atom is -0.361 e. The van der Waals surface area contributed by atoms with E-state index >= 15 is 0 Å².